The minimum absolute atomic E-state index is 0.0659. The number of carbonyl (C=O) groups is 3. The van der Waals surface area contributed by atoms with Gasteiger partial charge in [0.1, 0.15) is 5.72 Å². The Hall–Kier alpha value is -2.78. The maximum atomic E-state index is 12.9. The van der Waals surface area contributed by atoms with Crippen molar-refractivity contribution >= 4 is 29.3 Å². The Labute approximate surface area is 157 Å². The Morgan fingerprint density at radius 3 is 2.41 bits per heavy atom. The number of hydrogen-bond acceptors (Lipinski definition) is 6. The molecule has 0 saturated carbocycles. The van der Waals surface area contributed by atoms with Gasteiger partial charge in [-0.25, -0.2) is 4.79 Å². The van der Waals surface area contributed by atoms with Gasteiger partial charge in [0.15, 0.2) is 0 Å². The molecule has 3 amide bonds. The molecule has 1 aromatic rings. The molecule has 0 radical (unpaired) electrons. The molecule has 0 unspecified atom stereocenters. The Morgan fingerprint density at radius 1 is 1.26 bits per heavy atom. The normalized spacial score (nSPS) is 16.6. The molecule has 146 valence electrons. The largest absolute Gasteiger partial charge is 0.448 e. The lowest BCUT2D eigenvalue weighted by Crippen LogP contribution is -2.54. The van der Waals surface area contributed by atoms with E-state index < -0.39 is 29.3 Å². The molecule has 0 aliphatic carbocycles. The third-order valence-electron chi connectivity index (χ3n) is 4.24. The van der Waals surface area contributed by atoms with Crippen LogP contribution >= 0.6 is 0 Å². The van der Waals surface area contributed by atoms with Crippen LogP contribution in [-0.4, -0.2) is 66.1 Å². The van der Waals surface area contributed by atoms with Gasteiger partial charge < -0.3 is 25.4 Å². The summed E-state index contributed by atoms with van der Waals surface area (Å²) in [6.07, 6.45) is -0.689. The maximum absolute atomic E-state index is 12.9. The summed E-state index contributed by atoms with van der Waals surface area (Å²) in [5.74, 6) is -1.43. The lowest BCUT2D eigenvalue weighted by molar-refractivity contribution is -0.129. The highest BCUT2D eigenvalue weighted by molar-refractivity contribution is 6.68. The first-order chi connectivity index (χ1) is 12.7. The maximum Gasteiger partial charge on any atom is 0.434 e. The van der Waals surface area contributed by atoms with Crippen LogP contribution in [0, 0.1) is 0 Å². The van der Waals surface area contributed by atoms with Crippen LogP contribution in [0.1, 0.15) is 19.8 Å². The average molecular weight is 376 g/mol. The number of para-hydroxylation sites is 1. The number of amides is 3. The standard InChI is InChI=1S/C18H24N4O5/c1-3-27-17(25)20-14(15(23)21(2)13-7-5-4-6-8-13)16(24)22-11-9-18(19,26)10-12-22/h4-8,26H,3,9-12,19H2,1-2H3. The van der Waals surface area contributed by atoms with Crippen molar-refractivity contribution in [1.29, 1.82) is 0 Å². The first-order valence-corrected chi connectivity index (χ1v) is 8.64. The van der Waals surface area contributed by atoms with Gasteiger partial charge in [-0.1, -0.05) is 18.2 Å². The lowest BCUT2D eigenvalue weighted by atomic mass is 10.0. The minimum Gasteiger partial charge on any atom is -0.448 e. The van der Waals surface area contributed by atoms with Gasteiger partial charge in [-0.3, -0.25) is 9.59 Å². The van der Waals surface area contributed by atoms with Gasteiger partial charge in [0.05, 0.1) is 6.61 Å². The average Bonchev–Trinajstić information content (AvgIpc) is 2.65. The zero-order chi connectivity index (χ0) is 20.0. The predicted molar refractivity (Wildman–Crippen MR) is 99.3 cm³/mol. The summed E-state index contributed by atoms with van der Waals surface area (Å²) in [4.78, 5) is 43.7. The molecule has 0 spiro atoms. The van der Waals surface area contributed by atoms with Crippen LogP contribution in [0.3, 0.4) is 0 Å². The molecule has 9 heteroatoms. The molecule has 1 saturated heterocycles. The molecule has 0 aromatic heterocycles. The number of rotatable bonds is 4. The molecule has 27 heavy (non-hydrogen) atoms. The zero-order valence-electron chi connectivity index (χ0n) is 15.4. The molecule has 2 rings (SSSR count). The number of anilines is 1. The molecule has 9 nitrogen and oxygen atoms in total. The highest BCUT2D eigenvalue weighted by atomic mass is 16.5. The highest BCUT2D eigenvalue weighted by Crippen LogP contribution is 2.18. The summed E-state index contributed by atoms with van der Waals surface area (Å²) in [5, 5.41) is 9.83. The van der Waals surface area contributed by atoms with E-state index >= 15 is 0 Å². The molecule has 0 atom stereocenters. The van der Waals surface area contributed by atoms with E-state index in [1.165, 1.54) is 16.8 Å². The Kier molecular flexibility index (Phi) is 6.65. The Balaban J connectivity index is 2.27. The number of carbonyl (C=O) groups excluding carboxylic acids is 3. The van der Waals surface area contributed by atoms with Crippen LogP contribution in [0.15, 0.2) is 35.3 Å². The SMILES string of the molecule is CCOC(=O)N=C(C(=O)N1CCC(N)(O)CC1)C(=O)N(C)c1ccccc1. The number of nitrogens with zero attached hydrogens (tertiary/aromatic N) is 3. The second-order valence-electron chi connectivity index (χ2n) is 6.25. The van der Waals surface area contributed by atoms with Crippen molar-refractivity contribution in [2.24, 2.45) is 10.7 Å². The van der Waals surface area contributed by atoms with E-state index in [1.807, 2.05) is 0 Å². The van der Waals surface area contributed by atoms with E-state index in [1.54, 1.807) is 37.3 Å². The highest BCUT2D eigenvalue weighted by Gasteiger charge is 2.35. The van der Waals surface area contributed by atoms with Crippen molar-refractivity contribution < 1.29 is 24.2 Å². The van der Waals surface area contributed by atoms with E-state index in [-0.39, 0.29) is 32.5 Å². The topological polar surface area (TPSA) is 126 Å². The fraction of sp³-hybridized carbons (Fsp3) is 0.444. The van der Waals surface area contributed by atoms with Crippen LogP contribution in [0.4, 0.5) is 10.5 Å². The summed E-state index contributed by atoms with van der Waals surface area (Å²) in [6.45, 7) is 1.96. The number of likely N-dealkylation sites (tertiary alicyclic amines) is 1. The number of hydrogen-bond donors (Lipinski definition) is 2. The van der Waals surface area contributed by atoms with Crippen LogP contribution in [0.25, 0.3) is 0 Å². The van der Waals surface area contributed by atoms with Crippen molar-refractivity contribution in [2.45, 2.75) is 25.5 Å². The fourth-order valence-electron chi connectivity index (χ4n) is 2.61. The molecule has 1 aromatic carbocycles. The fourth-order valence-corrected chi connectivity index (χ4v) is 2.61. The van der Waals surface area contributed by atoms with Gasteiger partial charge >= 0.3 is 6.09 Å². The van der Waals surface area contributed by atoms with Gasteiger partial charge in [-0.15, -0.1) is 0 Å². The van der Waals surface area contributed by atoms with Crippen molar-refractivity contribution in [3.63, 3.8) is 0 Å². The summed E-state index contributed by atoms with van der Waals surface area (Å²) in [6, 6.07) is 8.67. The third kappa shape index (κ3) is 5.35. The lowest BCUT2D eigenvalue weighted by Gasteiger charge is -2.35. The summed E-state index contributed by atoms with van der Waals surface area (Å²) >= 11 is 0. The molecule has 1 aliphatic heterocycles. The first-order valence-electron chi connectivity index (χ1n) is 8.64. The van der Waals surface area contributed by atoms with Crippen LogP contribution in [-0.2, 0) is 14.3 Å². The van der Waals surface area contributed by atoms with Crippen molar-refractivity contribution in [3.8, 4) is 0 Å². The first kappa shape index (κ1) is 20.5. The van der Waals surface area contributed by atoms with Gasteiger partial charge in [-0.2, -0.15) is 4.99 Å². The van der Waals surface area contributed by atoms with Crippen LogP contribution < -0.4 is 10.6 Å². The van der Waals surface area contributed by atoms with Gasteiger partial charge in [-0.05, 0) is 19.1 Å². The van der Waals surface area contributed by atoms with Crippen LogP contribution in [0.5, 0.6) is 0 Å². The second kappa shape index (κ2) is 8.74. The van der Waals surface area contributed by atoms with Crippen molar-refractivity contribution in [1.82, 2.24) is 4.90 Å². The molecule has 3 N–H and O–H groups in total. The number of benzene rings is 1. The summed E-state index contributed by atoms with van der Waals surface area (Å²) in [5.41, 5.74) is 4.32. The summed E-state index contributed by atoms with van der Waals surface area (Å²) < 4.78 is 4.75. The molecule has 1 fully saturated rings. The summed E-state index contributed by atoms with van der Waals surface area (Å²) in [7, 11) is 1.49. The van der Waals surface area contributed by atoms with Gasteiger partial charge in [0, 0.05) is 38.7 Å². The predicted octanol–water partition coefficient (Wildman–Crippen LogP) is 0.517. The van der Waals surface area contributed by atoms with E-state index in [2.05, 4.69) is 4.99 Å². The quantitative estimate of drug-likeness (QED) is 0.448. The van der Waals surface area contributed by atoms with Gasteiger partial charge in [0.25, 0.3) is 11.8 Å². The monoisotopic (exact) mass is 376 g/mol. The Morgan fingerprint density at radius 2 is 1.85 bits per heavy atom. The molecule has 1 aliphatic rings. The molecular weight excluding hydrogens is 352 g/mol. The van der Waals surface area contributed by atoms with E-state index in [4.69, 9.17) is 10.5 Å². The number of piperidine rings is 1. The van der Waals surface area contributed by atoms with Crippen molar-refractivity contribution in [2.75, 3.05) is 31.6 Å². The smallest absolute Gasteiger partial charge is 0.434 e. The molecule has 0 bridgehead atoms. The third-order valence-corrected chi connectivity index (χ3v) is 4.24. The van der Waals surface area contributed by atoms with Gasteiger partial charge in [0.2, 0.25) is 5.71 Å². The van der Waals surface area contributed by atoms with E-state index in [9.17, 15) is 19.5 Å². The Bertz CT molecular complexity index is 723. The molecular formula is C18H24N4O5. The minimum atomic E-state index is -1.35. The van der Waals surface area contributed by atoms with Crippen molar-refractivity contribution in [3.05, 3.63) is 30.3 Å². The number of aliphatic imine (C=N–C) groups is 1. The van der Waals surface area contributed by atoms with Crippen LogP contribution in [0.2, 0.25) is 0 Å². The van der Waals surface area contributed by atoms with E-state index in [0.717, 1.165) is 0 Å². The van der Waals surface area contributed by atoms with E-state index in [0.29, 0.717) is 5.69 Å². The number of ether oxygens (including phenoxy) is 1. The number of aliphatic hydroxyl groups is 1. The molecule has 1 heterocycles. The number of nitrogens with two attached hydrogens (primary N) is 1. The zero-order valence-corrected chi connectivity index (χ0v) is 15.4. The second-order valence-corrected chi connectivity index (χ2v) is 6.25.